The molecule has 0 heterocycles. The summed E-state index contributed by atoms with van der Waals surface area (Å²) < 4.78 is 10.3. The summed E-state index contributed by atoms with van der Waals surface area (Å²) >= 11 is 0. The molecule has 1 aromatic rings. The zero-order valence-corrected chi connectivity index (χ0v) is 11.3. The Morgan fingerprint density at radius 1 is 1.21 bits per heavy atom. The number of aliphatic carboxylic acids is 1. The molecule has 3 N–H and O–H groups in total. The van der Waals surface area contributed by atoms with Gasteiger partial charge in [0.25, 0.3) is 0 Å². The maximum absolute atomic E-state index is 12.2. The number of ketones is 1. The van der Waals surface area contributed by atoms with Gasteiger partial charge in [-0.3, -0.25) is 9.36 Å². The molecule has 0 saturated heterocycles. The molecule has 1 rings (SSSR count). The maximum atomic E-state index is 12.2. The lowest BCUT2D eigenvalue weighted by atomic mass is 9.85. The fourth-order valence-corrected chi connectivity index (χ4v) is 2.10. The van der Waals surface area contributed by atoms with Crippen LogP contribution in [0.25, 0.3) is 0 Å². The number of carbonyl (C=O) groups is 2. The van der Waals surface area contributed by atoms with Crippen LogP contribution in [0.5, 0.6) is 0 Å². The van der Waals surface area contributed by atoms with Gasteiger partial charge in [-0.25, -0.2) is 4.79 Å². The van der Waals surface area contributed by atoms with Gasteiger partial charge in [0.2, 0.25) is 0 Å². The monoisotopic (exact) mass is 281 g/mol. The topological polar surface area (TPSA) is 97.5 Å². The molecule has 0 saturated carbocycles. The van der Waals surface area contributed by atoms with Crippen LogP contribution >= 0.6 is 8.46 Å². The molecule has 0 amide bonds. The predicted molar refractivity (Wildman–Crippen MR) is 71.7 cm³/mol. The lowest BCUT2D eigenvalue weighted by Gasteiger charge is -2.23. The van der Waals surface area contributed by atoms with Crippen LogP contribution in [-0.4, -0.2) is 28.6 Å². The summed E-state index contributed by atoms with van der Waals surface area (Å²) in [5, 5.41) is 9.21. The molecule has 1 aromatic carbocycles. The highest BCUT2D eigenvalue weighted by Gasteiger charge is 2.41. The third kappa shape index (κ3) is 3.94. The molecule has 0 aliphatic carbocycles. The summed E-state index contributed by atoms with van der Waals surface area (Å²) in [7, 11) is 0.0160. The number of Topliss-reactive ketones (excluding diaryl/α,β-unsaturated/α-hetero) is 1. The highest BCUT2D eigenvalue weighted by atomic mass is 31.1. The van der Waals surface area contributed by atoms with E-state index in [9.17, 15) is 19.3 Å². The molecular weight excluding hydrogens is 265 g/mol. The molecule has 0 spiro atoms. The Morgan fingerprint density at radius 3 is 2.37 bits per heavy atom. The Hall–Kier alpha value is -1.58. The van der Waals surface area contributed by atoms with Crippen LogP contribution < -0.4 is 5.73 Å². The van der Waals surface area contributed by atoms with Gasteiger partial charge in [-0.1, -0.05) is 30.3 Å². The van der Waals surface area contributed by atoms with Crippen molar-refractivity contribution in [2.75, 3.05) is 6.16 Å². The summed E-state index contributed by atoms with van der Waals surface area (Å²) in [4.78, 5) is 23.5. The number of carboxylic acids is 1. The van der Waals surface area contributed by atoms with E-state index in [0.29, 0.717) is 19.0 Å². The number of nitrogens with two attached hydrogens (primary N) is 1. The van der Waals surface area contributed by atoms with E-state index >= 15 is 0 Å². The van der Waals surface area contributed by atoms with Gasteiger partial charge in [0.05, 0.1) is 0 Å². The van der Waals surface area contributed by atoms with E-state index in [1.165, 1.54) is 0 Å². The number of carbonyl (C=O) groups excluding carboxylic acids is 1. The minimum atomic E-state index is -1.92. The third-order valence-corrected chi connectivity index (χ3v) is 3.39. The first-order valence-corrected chi connectivity index (χ1v) is 6.93. The molecule has 6 heteroatoms. The minimum absolute atomic E-state index is 0.0160. The molecule has 0 fully saturated rings. The molecular formula is C13H16NO4P. The second kappa shape index (κ2) is 7.12. The van der Waals surface area contributed by atoms with Crippen molar-refractivity contribution in [1.82, 2.24) is 0 Å². The van der Waals surface area contributed by atoms with Crippen molar-refractivity contribution in [3.63, 3.8) is 0 Å². The van der Waals surface area contributed by atoms with E-state index < -0.39 is 17.3 Å². The van der Waals surface area contributed by atoms with Gasteiger partial charge in [-0.2, -0.15) is 0 Å². The molecule has 19 heavy (non-hydrogen) atoms. The lowest BCUT2D eigenvalue weighted by Crippen LogP contribution is -2.54. The summed E-state index contributed by atoms with van der Waals surface area (Å²) in [6.07, 6.45) is 1.48. The molecule has 5 nitrogen and oxygen atoms in total. The summed E-state index contributed by atoms with van der Waals surface area (Å²) in [5.41, 5.74) is 4.14. The normalized spacial score (nSPS) is 13.9. The summed E-state index contributed by atoms with van der Waals surface area (Å²) in [6.45, 7) is 0. The summed E-state index contributed by atoms with van der Waals surface area (Å²) in [5.74, 6) is -1.93. The van der Waals surface area contributed by atoms with Crippen LogP contribution in [0.1, 0.15) is 29.6 Å². The second-order valence-electron chi connectivity index (χ2n) is 4.28. The Labute approximate surface area is 113 Å². The highest BCUT2D eigenvalue weighted by Crippen LogP contribution is 2.19. The fraction of sp³-hybridized carbons (Fsp3) is 0.385. The number of rotatable bonds is 8. The van der Waals surface area contributed by atoms with Crippen molar-refractivity contribution in [3.05, 3.63) is 35.9 Å². The van der Waals surface area contributed by atoms with E-state index in [1.807, 2.05) is 0 Å². The predicted octanol–water partition coefficient (Wildman–Crippen LogP) is 2.11. The Bertz CT molecular complexity index is 463. The van der Waals surface area contributed by atoms with Crippen molar-refractivity contribution in [1.29, 1.82) is 0 Å². The van der Waals surface area contributed by atoms with Gasteiger partial charge in [-0.05, 0) is 19.3 Å². The molecule has 1 unspecified atom stereocenters. The van der Waals surface area contributed by atoms with Gasteiger partial charge in [0.1, 0.15) is 0 Å². The molecule has 0 radical (unpaired) electrons. The average molecular weight is 281 g/mol. The first-order valence-electron chi connectivity index (χ1n) is 5.93. The van der Waals surface area contributed by atoms with E-state index in [1.54, 1.807) is 30.3 Å². The van der Waals surface area contributed by atoms with Crippen molar-refractivity contribution in [2.45, 2.75) is 24.8 Å². The highest BCUT2D eigenvalue weighted by molar-refractivity contribution is 7.23. The van der Waals surface area contributed by atoms with Crippen molar-refractivity contribution < 1.29 is 19.3 Å². The molecule has 102 valence electrons. The van der Waals surface area contributed by atoms with E-state index in [0.717, 1.165) is 0 Å². The van der Waals surface area contributed by atoms with Gasteiger partial charge < -0.3 is 10.8 Å². The van der Waals surface area contributed by atoms with Gasteiger partial charge in [0.15, 0.2) is 19.8 Å². The molecule has 0 bridgehead atoms. The van der Waals surface area contributed by atoms with E-state index in [2.05, 4.69) is 0 Å². The van der Waals surface area contributed by atoms with Crippen LogP contribution in [0.3, 0.4) is 0 Å². The van der Waals surface area contributed by atoms with Crippen molar-refractivity contribution in [2.24, 2.45) is 5.73 Å². The van der Waals surface area contributed by atoms with Crippen LogP contribution in [-0.2, 0) is 9.36 Å². The van der Waals surface area contributed by atoms with Gasteiger partial charge in [-0.15, -0.1) is 0 Å². The number of hydrogen-bond acceptors (Lipinski definition) is 4. The lowest BCUT2D eigenvalue weighted by molar-refractivity contribution is -0.141. The van der Waals surface area contributed by atoms with Crippen LogP contribution in [0, 0.1) is 0 Å². The molecule has 0 aliphatic heterocycles. The Balaban J connectivity index is 2.84. The minimum Gasteiger partial charge on any atom is -0.480 e. The number of unbranched alkanes of at least 4 members (excludes halogenated alkanes) is 1. The fourth-order valence-electron chi connectivity index (χ4n) is 1.74. The largest absolute Gasteiger partial charge is 0.480 e. The third-order valence-electron chi connectivity index (χ3n) is 2.89. The molecule has 1 atom stereocenters. The zero-order valence-electron chi connectivity index (χ0n) is 10.4. The average Bonchev–Trinajstić information content (AvgIpc) is 2.43. The smallest absolute Gasteiger partial charge is 0.331 e. The quantitative estimate of drug-likeness (QED) is 0.329. The van der Waals surface area contributed by atoms with Crippen LogP contribution in [0.15, 0.2) is 30.3 Å². The standard InChI is InChI=1S/C13H16NO4P/c14-13(12(16)17,8-4-5-9-19-18)11(15)10-6-2-1-3-7-10/h1-3,6-7H,4-5,8-9,14H2,(H,16,17). The summed E-state index contributed by atoms with van der Waals surface area (Å²) in [6, 6.07) is 8.15. The molecule has 0 aliphatic rings. The Morgan fingerprint density at radius 2 is 1.84 bits per heavy atom. The Kier molecular flexibility index (Phi) is 5.80. The second-order valence-corrected chi connectivity index (χ2v) is 4.99. The van der Waals surface area contributed by atoms with Crippen LogP contribution in [0.2, 0.25) is 0 Å². The van der Waals surface area contributed by atoms with Gasteiger partial charge >= 0.3 is 5.97 Å². The maximum Gasteiger partial charge on any atom is 0.331 e. The zero-order chi connectivity index (χ0) is 14.3. The number of carboxylic acid groups (broad SMARTS) is 1. The van der Waals surface area contributed by atoms with E-state index in [-0.39, 0.29) is 20.4 Å². The van der Waals surface area contributed by atoms with Gasteiger partial charge in [0, 0.05) is 11.7 Å². The number of benzene rings is 1. The van der Waals surface area contributed by atoms with E-state index in [4.69, 9.17) is 5.73 Å². The number of hydrogen-bond donors (Lipinski definition) is 2. The first-order chi connectivity index (χ1) is 9.02. The SMILES string of the molecule is NC(CCCCP=O)(C(=O)O)C(=O)c1ccccc1. The van der Waals surface area contributed by atoms with Crippen molar-refractivity contribution in [3.8, 4) is 0 Å². The van der Waals surface area contributed by atoms with Crippen molar-refractivity contribution >= 4 is 20.2 Å². The molecule has 0 aromatic heterocycles. The first kappa shape index (κ1) is 15.5. The van der Waals surface area contributed by atoms with Crippen LogP contribution in [0.4, 0.5) is 0 Å².